The smallest absolute Gasteiger partial charge is 0.0993 e. The maximum absolute atomic E-state index is 4.45. The summed E-state index contributed by atoms with van der Waals surface area (Å²) >= 11 is 0. The van der Waals surface area contributed by atoms with E-state index < -0.39 is 0 Å². The standard InChI is InChI=1S/C12H24N2.2C2H6/c1-10(2)14-8-6-7-12(3,4)9-11(14)13-5;2*1-2/h10H,6-9H2,1-5H3;2*1-2H3. The van der Waals surface area contributed by atoms with E-state index in [1.165, 1.54) is 25.2 Å². The summed E-state index contributed by atoms with van der Waals surface area (Å²) in [7, 11) is 1.92. The molecule has 0 N–H and O–H groups in total. The summed E-state index contributed by atoms with van der Waals surface area (Å²) in [5, 5.41) is 0. The molecule has 0 aromatic carbocycles. The molecule has 0 atom stereocenters. The van der Waals surface area contributed by atoms with Crippen LogP contribution in [-0.2, 0) is 0 Å². The maximum Gasteiger partial charge on any atom is 0.0993 e. The number of amidine groups is 1. The van der Waals surface area contributed by atoms with Gasteiger partial charge in [-0.2, -0.15) is 0 Å². The first-order valence-corrected chi connectivity index (χ1v) is 7.68. The highest BCUT2D eigenvalue weighted by atomic mass is 15.2. The highest BCUT2D eigenvalue weighted by Crippen LogP contribution is 2.31. The molecule has 2 heteroatoms. The predicted molar refractivity (Wildman–Crippen MR) is 85.5 cm³/mol. The summed E-state index contributed by atoms with van der Waals surface area (Å²) in [5.74, 6) is 1.29. The van der Waals surface area contributed by atoms with Crippen LogP contribution in [-0.4, -0.2) is 30.4 Å². The third-order valence-corrected chi connectivity index (χ3v) is 3.10. The minimum atomic E-state index is 0.429. The predicted octanol–water partition coefficient (Wildman–Crippen LogP) is 4.99. The van der Waals surface area contributed by atoms with Crippen LogP contribution in [0.5, 0.6) is 0 Å². The molecule has 1 saturated heterocycles. The van der Waals surface area contributed by atoms with Crippen molar-refractivity contribution in [2.24, 2.45) is 10.4 Å². The second kappa shape index (κ2) is 10.4. The summed E-state index contributed by atoms with van der Waals surface area (Å²) in [6, 6.07) is 0.586. The number of hydrogen-bond acceptors (Lipinski definition) is 1. The Morgan fingerprint density at radius 3 is 2.00 bits per heavy atom. The lowest BCUT2D eigenvalue weighted by molar-refractivity contribution is 0.336. The van der Waals surface area contributed by atoms with E-state index in [9.17, 15) is 0 Å². The van der Waals surface area contributed by atoms with Gasteiger partial charge in [-0.05, 0) is 32.1 Å². The van der Waals surface area contributed by atoms with Gasteiger partial charge in [0.25, 0.3) is 0 Å². The number of aliphatic imine (C=N–C) groups is 1. The lowest BCUT2D eigenvalue weighted by Gasteiger charge is -2.29. The van der Waals surface area contributed by atoms with Gasteiger partial charge in [0, 0.05) is 26.1 Å². The molecule has 1 fully saturated rings. The van der Waals surface area contributed by atoms with E-state index in [4.69, 9.17) is 0 Å². The van der Waals surface area contributed by atoms with Crippen LogP contribution >= 0.6 is 0 Å². The van der Waals surface area contributed by atoms with E-state index in [1.807, 2.05) is 34.7 Å². The fraction of sp³-hybridized carbons (Fsp3) is 0.938. The first-order chi connectivity index (χ1) is 8.46. The third-order valence-electron chi connectivity index (χ3n) is 3.10. The lowest BCUT2D eigenvalue weighted by atomic mass is 9.85. The van der Waals surface area contributed by atoms with Gasteiger partial charge in [-0.3, -0.25) is 4.99 Å². The molecule has 0 bridgehead atoms. The molecule has 2 nitrogen and oxygen atoms in total. The summed E-state index contributed by atoms with van der Waals surface area (Å²) in [6.07, 6.45) is 3.74. The van der Waals surface area contributed by atoms with Crippen molar-refractivity contribution >= 4 is 5.84 Å². The number of nitrogens with zero attached hydrogens (tertiary/aromatic N) is 2. The Morgan fingerprint density at radius 2 is 1.61 bits per heavy atom. The lowest BCUT2D eigenvalue weighted by Crippen LogP contribution is -2.37. The number of likely N-dealkylation sites (tertiary alicyclic amines) is 1. The van der Waals surface area contributed by atoms with Crippen molar-refractivity contribution in [1.29, 1.82) is 0 Å². The first-order valence-electron chi connectivity index (χ1n) is 7.68. The van der Waals surface area contributed by atoms with E-state index in [0.29, 0.717) is 11.5 Å². The molecule has 0 unspecified atom stereocenters. The molecule has 1 rings (SSSR count). The van der Waals surface area contributed by atoms with Crippen LogP contribution in [0.2, 0.25) is 0 Å². The van der Waals surface area contributed by atoms with Gasteiger partial charge < -0.3 is 4.90 Å². The molecule has 0 amide bonds. The first kappa shape index (κ1) is 19.8. The number of hydrogen-bond donors (Lipinski definition) is 0. The van der Waals surface area contributed by atoms with Crippen LogP contribution in [0.1, 0.15) is 74.7 Å². The van der Waals surface area contributed by atoms with Gasteiger partial charge in [0.15, 0.2) is 0 Å². The summed E-state index contributed by atoms with van der Waals surface area (Å²) < 4.78 is 0. The molecule has 0 spiro atoms. The average molecular weight is 256 g/mol. The molecule has 1 aliphatic heterocycles. The van der Waals surface area contributed by atoms with Gasteiger partial charge in [0.05, 0.1) is 5.84 Å². The average Bonchev–Trinajstić information content (AvgIpc) is 2.52. The molecular formula is C16H36N2. The van der Waals surface area contributed by atoms with Crippen molar-refractivity contribution in [3.05, 3.63) is 0 Å². The van der Waals surface area contributed by atoms with Crippen molar-refractivity contribution in [3.63, 3.8) is 0 Å². The third kappa shape index (κ3) is 7.03. The quantitative estimate of drug-likeness (QED) is 0.645. The van der Waals surface area contributed by atoms with Gasteiger partial charge in [-0.25, -0.2) is 0 Å². The van der Waals surface area contributed by atoms with E-state index in [0.717, 1.165) is 6.42 Å². The van der Waals surface area contributed by atoms with Crippen LogP contribution in [0.25, 0.3) is 0 Å². The van der Waals surface area contributed by atoms with Crippen LogP contribution in [0.4, 0.5) is 0 Å². The Balaban J connectivity index is 0. The van der Waals surface area contributed by atoms with E-state index in [2.05, 4.69) is 37.6 Å². The number of rotatable bonds is 1. The second-order valence-electron chi connectivity index (χ2n) is 5.37. The van der Waals surface area contributed by atoms with Gasteiger partial charge in [0.2, 0.25) is 0 Å². The minimum absolute atomic E-state index is 0.429. The van der Waals surface area contributed by atoms with Gasteiger partial charge in [-0.15, -0.1) is 0 Å². The zero-order valence-electron chi connectivity index (χ0n) is 14.3. The van der Waals surface area contributed by atoms with Gasteiger partial charge in [-0.1, -0.05) is 41.5 Å². The fourth-order valence-electron chi connectivity index (χ4n) is 2.24. The fourth-order valence-corrected chi connectivity index (χ4v) is 2.24. The Kier molecular flexibility index (Phi) is 11.4. The van der Waals surface area contributed by atoms with Crippen molar-refractivity contribution < 1.29 is 0 Å². The molecule has 1 aliphatic rings. The highest BCUT2D eigenvalue weighted by Gasteiger charge is 2.27. The van der Waals surface area contributed by atoms with Crippen LogP contribution < -0.4 is 0 Å². The normalized spacial score (nSPS) is 20.6. The Labute approximate surface area is 116 Å². The highest BCUT2D eigenvalue weighted by molar-refractivity contribution is 5.83. The largest absolute Gasteiger partial charge is 0.358 e. The van der Waals surface area contributed by atoms with Crippen LogP contribution in [0.3, 0.4) is 0 Å². The molecule has 110 valence electrons. The minimum Gasteiger partial charge on any atom is -0.358 e. The summed E-state index contributed by atoms with van der Waals surface area (Å²) in [4.78, 5) is 6.90. The Morgan fingerprint density at radius 1 is 1.11 bits per heavy atom. The van der Waals surface area contributed by atoms with Crippen molar-refractivity contribution in [1.82, 2.24) is 4.90 Å². The van der Waals surface area contributed by atoms with Crippen molar-refractivity contribution in [2.45, 2.75) is 80.7 Å². The van der Waals surface area contributed by atoms with Gasteiger partial charge >= 0.3 is 0 Å². The Bertz CT molecular complexity index is 217. The second-order valence-corrected chi connectivity index (χ2v) is 5.37. The molecule has 18 heavy (non-hydrogen) atoms. The molecule has 0 aromatic rings. The zero-order valence-corrected chi connectivity index (χ0v) is 14.3. The van der Waals surface area contributed by atoms with E-state index in [-0.39, 0.29) is 0 Å². The molecule has 0 saturated carbocycles. The van der Waals surface area contributed by atoms with Gasteiger partial charge in [0.1, 0.15) is 0 Å². The molecular weight excluding hydrogens is 220 g/mol. The molecule has 0 radical (unpaired) electrons. The van der Waals surface area contributed by atoms with Crippen LogP contribution in [0.15, 0.2) is 4.99 Å². The monoisotopic (exact) mass is 256 g/mol. The van der Waals surface area contributed by atoms with Crippen molar-refractivity contribution in [3.8, 4) is 0 Å². The zero-order chi connectivity index (χ0) is 14.8. The topological polar surface area (TPSA) is 15.6 Å². The maximum atomic E-state index is 4.45. The molecule has 1 heterocycles. The van der Waals surface area contributed by atoms with Crippen LogP contribution in [0, 0.1) is 5.41 Å². The van der Waals surface area contributed by atoms with E-state index in [1.54, 1.807) is 0 Å². The molecule has 0 aliphatic carbocycles. The SMILES string of the molecule is CC.CC.CN=C1CC(C)(C)CCCN1C(C)C. The van der Waals surface area contributed by atoms with E-state index >= 15 is 0 Å². The Hall–Kier alpha value is -0.530. The van der Waals surface area contributed by atoms with Crippen molar-refractivity contribution in [2.75, 3.05) is 13.6 Å². The molecule has 0 aromatic heterocycles. The summed E-state index contributed by atoms with van der Waals surface area (Å²) in [5.41, 5.74) is 0.429. The summed E-state index contributed by atoms with van der Waals surface area (Å²) in [6.45, 7) is 18.4.